The topological polar surface area (TPSA) is 47.3 Å². The molecule has 1 heterocycles. The van der Waals surface area contributed by atoms with E-state index in [2.05, 4.69) is 5.10 Å². The average molecular weight is 218 g/mol. The van der Waals surface area contributed by atoms with Crippen molar-refractivity contribution in [3.05, 3.63) is 30.1 Å². The molecule has 16 heavy (non-hydrogen) atoms. The first-order valence-corrected chi connectivity index (χ1v) is 4.98. The van der Waals surface area contributed by atoms with Crippen LogP contribution in [0.2, 0.25) is 0 Å². The molecule has 0 saturated heterocycles. The highest BCUT2D eigenvalue weighted by atomic mass is 16.5. The van der Waals surface area contributed by atoms with Crippen molar-refractivity contribution in [2.45, 2.75) is 6.92 Å². The molecule has 0 unspecified atom stereocenters. The van der Waals surface area contributed by atoms with Crippen LogP contribution < -0.4 is 4.74 Å². The molecule has 0 atom stereocenters. The fourth-order valence-electron chi connectivity index (χ4n) is 1.64. The molecule has 4 nitrogen and oxygen atoms in total. The van der Waals surface area contributed by atoms with Gasteiger partial charge in [0.15, 0.2) is 11.5 Å². The maximum atomic E-state index is 9.73. The molecule has 0 bridgehead atoms. The van der Waals surface area contributed by atoms with Crippen molar-refractivity contribution < 1.29 is 9.84 Å². The smallest absolute Gasteiger partial charge is 0.161 e. The van der Waals surface area contributed by atoms with Crippen LogP contribution in [0.5, 0.6) is 11.5 Å². The van der Waals surface area contributed by atoms with Crippen molar-refractivity contribution in [2.24, 2.45) is 7.05 Å². The number of aromatic nitrogens is 2. The maximum absolute atomic E-state index is 9.73. The predicted octanol–water partition coefficient (Wildman–Crippen LogP) is 2.11. The number of rotatable bonds is 2. The van der Waals surface area contributed by atoms with Gasteiger partial charge >= 0.3 is 0 Å². The van der Waals surface area contributed by atoms with E-state index in [0.29, 0.717) is 5.75 Å². The van der Waals surface area contributed by atoms with Crippen LogP contribution in [0, 0.1) is 6.92 Å². The summed E-state index contributed by atoms with van der Waals surface area (Å²) >= 11 is 0. The summed E-state index contributed by atoms with van der Waals surface area (Å²) in [5.41, 5.74) is 2.78. The van der Waals surface area contributed by atoms with Gasteiger partial charge in [-0.2, -0.15) is 5.10 Å². The molecule has 0 saturated carbocycles. The Hall–Kier alpha value is -1.97. The first kappa shape index (κ1) is 10.5. The van der Waals surface area contributed by atoms with Gasteiger partial charge in [0.2, 0.25) is 0 Å². The minimum absolute atomic E-state index is 0.190. The van der Waals surface area contributed by atoms with E-state index in [1.165, 1.54) is 0 Å². The van der Waals surface area contributed by atoms with Crippen molar-refractivity contribution in [3.8, 4) is 22.6 Å². The highest BCUT2D eigenvalue weighted by Gasteiger charge is 2.09. The van der Waals surface area contributed by atoms with E-state index in [1.54, 1.807) is 24.1 Å². The van der Waals surface area contributed by atoms with E-state index in [1.807, 2.05) is 26.2 Å². The van der Waals surface area contributed by atoms with Gasteiger partial charge in [0.1, 0.15) is 0 Å². The Morgan fingerprint density at radius 1 is 1.31 bits per heavy atom. The number of methoxy groups -OCH3 is 1. The van der Waals surface area contributed by atoms with Gasteiger partial charge < -0.3 is 9.84 Å². The molecule has 1 aromatic carbocycles. The summed E-state index contributed by atoms with van der Waals surface area (Å²) in [5.74, 6) is 0.675. The lowest BCUT2D eigenvalue weighted by Crippen LogP contribution is -1.88. The first-order valence-electron chi connectivity index (χ1n) is 4.98. The number of hydrogen-bond donors (Lipinski definition) is 1. The lowest BCUT2D eigenvalue weighted by atomic mass is 10.1. The van der Waals surface area contributed by atoms with Crippen LogP contribution in [0.3, 0.4) is 0 Å². The number of phenolic OH excluding ortho intramolecular Hbond substituents is 1. The Morgan fingerprint density at radius 3 is 2.62 bits per heavy atom. The Morgan fingerprint density at radius 2 is 2.06 bits per heavy atom. The van der Waals surface area contributed by atoms with Gasteiger partial charge in [-0.3, -0.25) is 4.68 Å². The molecule has 0 radical (unpaired) electrons. The summed E-state index contributed by atoms with van der Waals surface area (Å²) in [6.45, 7) is 1.84. The molecular formula is C12H14N2O2. The fourth-order valence-corrected chi connectivity index (χ4v) is 1.64. The van der Waals surface area contributed by atoms with Crippen molar-refractivity contribution in [2.75, 3.05) is 7.11 Å². The Kier molecular flexibility index (Phi) is 2.56. The first-order chi connectivity index (χ1) is 7.61. The zero-order valence-corrected chi connectivity index (χ0v) is 9.56. The fraction of sp³-hybridized carbons (Fsp3) is 0.250. The van der Waals surface area contributed by atoms with E-state index < -0.39 is 0 Å². The number of nitrogens with zero attached hydrogens (tertiary/aromatic N) is 2. The van der Waals surface area contributed by atoms with Crippen LogP contribution in [0.15, 0.2) is 24.5 Å². The molecule has 0 fully saturated rings. The van der Waals surface area contributed by atoms with Crippen LogP contribution in [-0.4, -0.2) is 22.0 Å². The van der Waals surface area contributed by atoms with Gasteiger partial charge in [0.25, 0.3) is 0 Å². The number of phenols is 1. The average Bonchev–Trinajstić information content (AvgIpc) is 2.69. The van der Waals surface area contributed by atoms with Gasteiger partial charge in [-0.1, -0.05) is 0 Å². The lowest BCUT2D eigenvalue weighted by Gasteiger charge is -2.08. The second-order valence-corrected chi connectivity index (χ2v) is 3.75. The van der Waals surface area contributed by atoms with Crippen molar-refractivity contribution in [3.63, 3.8) is 0 Å². The molecule has 1 aromatic heterocycles. The summed E-state index contributed by atoms with van der Waals surface area (Å²) in [4.78, 5) is 0. The molecule has 0 spiro atoms. The van der Waals surface area contributed by atoms with Crippen LogP contribution in [0.25, 0.3) is 11.1 Å². The number of benzene rings is 1. The van der Waals surface area contributed by atoms with Crippen LogP contribution in [-0.2, 0) is 7.05 Å². The minimum atomic E-state index is 0.190. The number of hydrogen-bond acceptors (Lipinski definition) is 3. The molecule has 2 aromatic rings. The highest BCUT2D eigenvalue weighted by molar-refractivity contribution is 5.67. The van der Waals surface area contributed by atoms with Gasteiger partial charge in [0, 0.05) is 18.8 Å². The van der Waals surface area contributed by atoms with E-state index >= 15 is 0 Å². The largest absolute Gasteiger partial charge is 0.504 e. The van der Waals surface area contributed by atoms with Crippen LogP contribution in [0.1, 0.15) is 5.56 Å². The molecule has 0 amide bonds. The van der Waals surface area contributed by atoms with E-state index in [-0.39, 0.29) is 5.75 Å². The summed E-state index contributed by atoms with van der Waals surface area (Å²) in [6.07, 6.45) is 3.70. The Balaban J connectivity index is 2.54. The molecule has 1 N–H and O–H groups in total. The summed E-state index contributed by atoms with van der Waals surface area (Å²) in [5, 5.41) is 13.8. The number of aryl methyl sites for hydroxylation is 2. The third-order valence-corrected chi connectivity index (χ3v) is 2.52. The normalized spacial score (nSPS) is 10.4. The standard InChI is InChI=1S/C12H14N2O2/c1-8-4-9(5-11(16-3)12(8)15)10-6-13-14(2)7-10/h4-7,15H,1-3H3. The zero-order chi connectivity index (χ0) is 11.7. The third-order valence-electron chi connectivity index (χ3n) is 2.52. The minimum Gasteiger partial charge on any atom is -0.504 e. The summed E-state index contributed by atoms with van der Waals surface area (Å²) in [7, 11) is 3.41. The molecule has 0 aliphatic rings. The highest BCUT2D eigenvalue weighted by Crippen LogP contribution is 2.34. The second kappa shape index (κ2) is 3.89. The van der Waals surface area contributed by atoms with E-state index in [4.69, 9.17) is 4.74 Å². The van der Waals surface area contributed by atoms with Crippen LogP contribution >= 0.6 is 0 Å². The van der Waals surface area contributed by atoms with Crippen molar-refractivity contribution in [1.29, 1.82) is 0 Å². The van der Waals surface area contributed by atoms with Gasteiger partial charge in [0.05, 0.1) is 13.3 Å². The van der Waals surface area contributed by atoms with Crippen LogP contribution in [0.4, 0.5) is 0 Å². The van der Waals surface area contributed by atoms with Crippen molar-refractivity contribution in [1.82, 2.24) is 9.78 Å². The Bertz CT molecular complexity index is 518. The molecule has 84 valence electrons. The molecule has 2 rings (SSSR count). The molecular weight excluding hydrogens is 204 g/mol. The van der Waals surface area contributed by atoms with Gasteiger partial charge in [-0.25, -0.2) is 0 Å². The van der Waals surface area contributed by atoms with Crippen molar-refractivity contribution >= 4 is 0 Å². The Labute approximate surface area is 94.1 Å². The maximum Gasteiger partial charge on any atom is 0.161 e. The van der Waals surface area contributed by atoms with Gasteiger partial charge in [-0.05, 0) is 30.2 Å². The quantitative estimate of drug-likeness (QED) is 0.839. The number of aromatic hydroxyl groups is 1. The third kappa shape index (κ3) is 1.74. The van der Waals surface area contributed by atoms with Gasteiger partial charge in [-0.15, -0.1) is 0 Å². The predicted molar refractivity (Wildman–Crippen MR) is 61.6 cm³/mol. The monoisotopic (exact) mass is 218 g/mol. The van der Waals surface area contributed by atoms with E-state index in [9.17, 15) is 5.11 Å². The SMILES string of the molecule is COc1cc(-c2cnn(C)c2)cc(C)c1O. The van der Waals surface area contributed by atoms with E-state index in [0.717, 1.165) is 16.7 Å². The molecule has 0 aliphatic heterocycles. The molecule has 4 heteroatoms. The summed E-state index contributed by atoms with van der Waals surface area (Å²) in [6, 6.07) is 3.72. The lowest BCUT2D eigenvalue weighted by molar-refractivity contribution is 0.372. The molecule has 0 aliphatic carbocycles. The number of ether oxygens (including phenoxy) is 1. The zero-order valence-electron chi connectivity index (χ0n) is 9.56. The summed E-state index contributed by atoms with van der Waals surface area (Å²) < 4.78 is 6.86. The second-order valence-electron chi connectivity index (χ2n) is 3.75.